The van der Waals surface area contributed by atoms with Gasteiger partial charge in [0.05, 0.1) is 4.90 Å². The van der Waals surface area contributed by atoms with Crippen molar-refractivity contribution < 1.29 is 17.5 Å². The Morgan fingerprint density at radius 1 is 0.818 bits per heavy atom. The predicted octanol–water partition coefficient (Wildman–Crippen LogP) is 5.14. The number of pyridine rings is 1. The average Bonchev–Trinajstić information content (AvgIpc) is 2.79. The molecule has 33 heavy (non-hydrogen) atoms. The van der Waals surface area contributed by atoms with E-state index in [-0.39, 0.29) is 4.90 Å². The van der Waals surface area contributed by atoms with Gasteiger partial charge in [-0.25, -0.2) is 0 Å². The third-order valence-electron chi connectivity index (χ3n) is 5.29. The standard InChI is InChI=1S/C20H21N2.C7H8O3S/c1-21(2)18-12-8-16(9-13-18)10-14-19-15-11-17-6-4-5-7-20(17)22(19)3;1-6-2-4-7(5-3-6)11(8,9)10/h4-15H,1-3H3;2-5H,1H3,(H,8,9,10)/q+1;. The van der Waals surface area contributed by atoms with Crippen LogP contribution in [0.2, 0.25) is 0 Å². The number of benzene rings is 3. The molecule has 170 valence electrons. The molecule has 0 radical (unpaired) electrons. The number of rotatable bonds is 4. The van der Waals surface area contributed by atoms with Crippen LogP contribution in [-0.2, 0) is 17.2 Å². The second-order valence-corrected chi connectivity index (χ2v) is 9.40. The van der Waals surface area contributed by atoms with E-state index in [1.165, 1.54) is 40.0 Å². The zero-order valence-corrected chi connectivity index (χ0v) is 20.1. The Morgan fingerprint density at radius 2 is 1.45 bits per heavy atom. The minimum Gasteiger partial charge on any atom is -0.378 e. The summed E-state index contributed by atoms with van der Waals surface area (Å²) in [5, 5.41) is 1.26. The smallest absolute Gasteiger partial charge is 0.294 e. The van der Waals surface area contributed by atoms with E-state index in [1.54, 1.807) is 12.1 Å². The van der Waals surface area contributed by atoms with Crippen LogP contribution in [0.4, 0.5) is 5.69 Å². The molecule has 3 aromatic carbocycles. The third kappa shape index (κ3) is 6.51. The van der Waals surface area contributed by atoms with Gasteiger partial charge in [-0.3, -0.25) is 4.55 Å². The lowest BCUT2D eigenvalue weighted by Crippen LogP contribution is -2.32. The second-order valence-electron chi connectivity index (χ2n) is 7.98. The summed E-state index contributed by atoms with van der Waals surface area (Å²) in [4.78, 5) is 2.04. The maximum Gasteiger partial charge on any atom is 0.294 e. The van der Waals surface area contributed by atoms with Crippen molar-refractivity contribution in [3.63, 3.8) is 0 Å². The highest BCUT2D eigenvalue weighted by molar-refractivity contribution is 7.85. The molecule has 4 aromatic rings. The summed E-state index contributed by atoms with van der Waals surface area (Å²) in [6, 6.07) is 27.3. The first-order valence-corrected chi connectivity index (χ1v) is 12.0. The number of fused-ring (bicyclic) bond motifs is 1. The van der Waals surface area contributed by atoms with Crippen molar-refractivity contribution in [3.05, 3.63) is 102 Å². The van der Waals surface area contributed by atoms with Crippen molar-refractivity contribution in [1.29, 1.82) is 0 Å². The Kier molecular flexibility index (Phi) is 7.63. The quantitative estimate of drug-likeness (QED) is 0.338. The number of hydrogen-bond acceptors (Lipinski definition) is 3. The number of anilines is 1. The summed E-state index contributed by atoms with van der Waals surface area (Å²) in [6.45, 7) is 1.84. The number of aryl methyl sites for hydroxylation is 2. The van der Waals surface area contributed by atoms with E-state index in [0.717, 1.165) is 5.56 Å². The van der Waals surface area contributed by atoms with Crippen LogP contribution in [0, 0.1) is 6.92 Å². The van der Waals surface area contributed by atoms with E-state index in [1.807, 2.05) is 6.92 Å². The Labute approximate surface area is 196 Å². The molecule has 6 heteroatoms. The van der Waals surface area contributed by atoms with Gasteiger partial charge in [-0.2, -0.15) is 13.0 Å². The predicted molar refractivity (Wildman–Crippen MR) is 136 cm³/mol. The first-order chi connectivity index (χ1) is 15.6. The number of aromatic nitrogens is 1. The Balaban J connectivity index is 0.000000235. The van der Waals surface area contributed by atoms with Crippen LogP contribution >= 0.6 is 0 Å². The summed E-state index contributed by atoms with van der Waals surface area (Å²) in [5.41, 5.74) is 5.81. The van der Waals surface area contributed by atoms with E-state index in [9.17, 15) is 8.42 Å². The molecule has 0 saturated heterocycles. The van der Waals surface area contributed by atoms with E-state index in [2.05, 4.69) is 103 Å². The van der Waals surface area contributed by atoms with Crippen molar-refractivity contribution in [2.24, 2.45) is 7.05 Å². The summed E-state index contributed by atoms with van der Waals surface area (Å²) in [5.74, 6) is 0. The van der Waals surface area contributed by atoms with Crippen molar-refractivity contribution in [2.45, 2.75) is 11.8 Å². The molecule has 0 spiro atoms. The highest BCUT2D eigenvalue weighted by Crippen LogP contribution is 2.15. The lowest BCUT2D eigenvalue weighted by atomic mass is 10.1. The molecule has 0 fully saturated rings. The zero-order chi connectivity index (χ0) is 24.0. The fourth-order valence-electron chi connectivity index (χ4n) is 3.30. The Morgan fingerprint density at radius 3 is 2.06 bits per heavy atom. The summed E-state index contributed by atoms with van der Waals surface area (Å²) in [7, 11) is 2.20. The lowest BCUT2D eigenvalue weighted by Gasteiger charge is -2.11. The minimum absolute atomic E-state index is 0.0666. The minimum atomic E-state index is -4.02. The topological polar surface area (TPSA) is 61.5 Å². The molecule has 0 amide bonds. The molecule has 5 nitrogen and oxygen atoms in total. The van der Waals surface area contributed by atoms with Crippen LogP contribution in [0.3, 0.4) is 0 Å². The van der Waals surface area contributed by atoms with E-state index < -0.39 is 10.1 Å². The highest BCUT2D eigenvalue weighted by atomic mass is 32.2. The van der Waals surface area contributed by atoms with Gasteiger partial charge >= 0.3 is 0 Å². The lowest BCUT2D eigenvalue weighted by molar-refractivity contribution is -0.646. The maximum atomic E-state index is 10.5. The van der Waals surface area contributed by atoms with Gasteiger partial charge in [0, 0.05) is 43.4 Å². The molecule has 0 aliphatic carbocycles. The van der Waals surface area contributed by atoms with Gasteiger partial charge in [0.2, 0.25) is 11.2 Å². The second kappa shape index (κ2) is 10.4. The SMILES string of the molecule is CN(C)c1ccc(/C=C/c2ccc3ccccc3[n+]2C)cc1.Cc1ccc(S(=O)(=O)O)cc1. The first-order valence-electron chi connectivity index (χ1n) is 10.5. The molecular weight excluding hydrogens is 432 g/mol. The highest BCUT2D eigenvalue weighted by Gasteiger charge is 2.08. The Hall–Kier alpha value is -3.48. The summed E-state index contributed by atoms with van der Waals surface area (Å²) >= 11 is 0. The van der Waals surface area contributed by atoms with Crippen LogP contribution in [-0.4, -0.2) is 27.1 Å². The number of nitrogens with zero attached hydrogens (tertiary/aromatic N) is 2. The number of hydrogen-bond donors (Lipinski definition) is 1. The average molecular weight is 462 g/mol. The van der Waals surface area contributed by atoms with Crippen LogP contribution < -0.4 is 9.47 Å². The summed E-state index contributed by atoms with van der Waals surface area (Å²) in [6.07, 6.45) is 4.32. The van der Waals surface area contributed by atoms with E-state index in [4.69, 9.17) is 4.55 Å². The first kappa shape index (κ1) is 24.2. The van der Waals surface area contributed by atoms with Crippen LogP contribution in [0.25, 0.3) is 23.1 Å². The third-order valence-corrected chi connectivity index (χ3v) is 6.16. The van der Waals surface area contributed by atoms with Crippen LogP contribution in [0.5, 0.6) is 0 Å². The normalized spacial score (nSPS) is 11.3. The molecular formula is C27H29N2O3S+. The van der Waals surface area contributed by atoms with Gasteiger partial charge in [-0.15, -0.1) is 0 Å². The zero-order valence-electron chi connectivity index (χ0n) is 19.3. The maximum absolute atomic E-state index is 10.5. The molecule has 4 rings (SSSR count). The Bertz CT molecular complexity index is 1360. The fourth-order valence-corrected chi connectivity index (χ4v) is 3.78. The fraction of sp³-hybridized carbons (Fsp3) is 0.148. The van der Waals surface area contributed by atoms with Gasteiger partial charge in [0.25, 0.3) is 10.1 Å². The number of para-hydroxylation sites is 1. The van der Waals surface area contributed by atoms with Gasteiger partial charge < -0.3 is 4.90 Å². The van der Waals surface area contributed by atoms with E-state index in [0.29, 0.717) is 0 Å². The molecule has 0 unspecified atom stereocenters. The largest absolute Gasteiger partial charge is 0.378 e. The van der Waals surface area contributed by atoms with Gasteiger partial charge in [-0.05, 0) is 55.0 Å². The summed E-state index contributed by atoms with van der Waals surface area (Å²) < 4.78 is 31.8. The van der Waals surface area contributed by atoms with Crippen molar-refractivity contribution in [2.75, 3.05) is 19.0 Å². The molecule has 0 saturated carbocycles. The van der Waals surface area contributed by atoms with Crippen LogP contribution in [0.15, 0.2) is 89.8 Å². The van der Waals surface area contributed by atoms with Gasteiger partial charge in [0.1, 0.15) is 7.05 Å². The molecule has 0 atom stereocenters. The molecule has 1 heterocycles. The molecule has 0 aliphatic heterocycles. The van der Waals surface area contributed by atoms with E-state index >= 15 is 0 Å². The van der Waals surface area contributed by atoms with Crippen molar-refractivity contribution >= 4 is 38.9 Å². The molecule has 0 bridgehead atoms. The molecule has 1 N–H and O–H groups in total. The van der Waals surface area contributed by atoms with Crippen molar-refractivity contribution in [1.82, 2.24) is 0 Å². The molecule has 1 aromatic heterocycles. The van der Waals surface area contributed by atoms with Gasteiger partial charge in [-0.1, -0.05) is 42.0 Å². The monoisotopic (exact) mass is 461 g/mol. The molecule has 0 aliphatic rings. The van der Waals surface area contributed by atoms with Crippen LogP contribution in [0.1, 0.15) is 16.8 Å². The van der Waals surface area contributed by atoms with Gasteiger partial charge in [0.15, 0.2) is 0 Å². The van der Waals surface area contributed by atoms with Crippen molar-refractivity contribution in [3.8, 4) is 0 Å².